The lowest BCUT2D eigenvalue weighted by Gasteiger charge is -2.11. The quantitative estimate of drug-likeness (QED) is 0.514. The smallest absolute Gasteiger partial charge is 0.259 e. The minimum atomic E-state index is -0.299. The van der Waals surface area contributed by atoms with Crippen molar-refractivity contribution in [2.75, 3.05) is 13.7 Å². The van der Waals surface area contributed by atoms with Gasteiger partial charge in [0.1, 0.15) is 0 Å². The lowest BCUT2D eigenvalue weighted by molar-refractivity contribution is 0.288. The van der Waals surface area contributed by atoms with Gasteiger partial charge >= 0.3 is 0 Å². The molecule has 2 aromatic carbocycles. The molecule has 0 aliphatic rings. The Labute approximate surface area is 172 Å². The van der Waals surface area contributed by atoms with Crippen molar-refractivity contribution in [1.29, 1.82) is 0 Å². The maximum atomic E-state index is 12.3. The fourth-order valence-electron chi connectivity index (χ4n) is 2.66. The molecule has 28 heavy (non-hydrogen) atoms. The fraction of sp³-hybridized carbons (Fsp3) is 0.238. The summed E-state index contributed by atoms with van der Waals surface area (Å²) >= 11 is 12.4. The first-order valence-electron chi connectivity index (χ1n) is 8.89. The molecule has 0 aliphatic heterocycles. The number of benzene rings is 2. The van der Waals surface area contributed by atoms with Crippen LogP contribution in [0.5, 0.6) is 11.5 Å². The highest BCUT2D eigenvalue weighted by molar-refractivity contribution is 6.50. The summed E-state index contributed by atoms with van der Waals surface area (Å²) in [6, 6.07) is 10.5. The van der Waals surface area contributed by atoms with Gasteiger partial charge in [0.2, 0.25) is 0 Å². The van der Waals surface area contributed by atoms with Gasteiger partial charge in [0.25, 0.3) is 5.56 Å². The first-order valence-corrected chi connectivity index (χ1v) is 9.65. The predicted octanol–water partition coefficient (Wildman–Crippen LogP) is 5.50. The van der Waals surface area contributed by atoms with E-state index in [1.54, 1.807) is 31.4 Å². The Kier molecular flexibility index (Phi) is 6.60. The van der Waals surface area contributed by atoms with Gasteiger partial charge in [-0.25, -0.2) is 4.98 Å². The summed E-state index contributed by atoms with van der Waals surface area (Å²) in [7, 11) is 1.60. The number of methoxy groups -OCH3 is 1. The predicted molar refractivity (Wildman–Crippen MR) is 114 cm³/mol. The van der Waals surface area contributed by atoms with E-state index in [9.17, 15) is 4.79 Å². The van der Waals surface area contributed by atoms with Crippen LogP contribution in [0.2, 0.25) is 5.02 Å². The number of ether oxygens (including phenoxy) is 2. The van der Waals surface area contributed by atoms with Crippen LogP contribution in [0, 0.1) is 0 Å². The minimum absolute atomic E-state index is 0.283. The van der Waals surface area contributed by atoms with Gasteiger partial charge in [0, 0.05) is 5.02 Å². The Bertz CT molecular complexity index is 1080. The molecule has 3 aromatic rings. The fourth-order valence-corrected chi connectivity index (χ4v) is 3.05. The van der Waals surface area contributed by atoms with Crippen LogP contribution in [0.4, 0.5) is 0 Å². The van der Waals surface area contributed by atoms with Crippen LogP contribution in [0.1, 0.15) is 31.2 Å². The number of fused-ring (bicyclic) bond motifs is 1. The summed E-state index contributed by atoms with van der Waals surface area (Å²) in [5.41, 5.74) is 1.02. The molecule has 1 aromatic heterocycles. The zero-order chi connectivity index (χ0) is 20.1. The second-order valence-corrected chi connectivity index (χ2v) is 7.02. The number of hydrogen-bond acceptors (Lipinski definition) is 4. The standard InChI is InChI=1S/C21H20Cl2N2O3/c1-3-4-9-28-19-11-13(5-8-18(19)27-2)10-16(23)20-24-17-7-6-14(22)12-15(17)21(26)25-20/h5-8,10-12H,3-4,9H2,1-2H3,(H,24,25,26)/b16-10-. The molecule has 1 N–H and O–H groups in total. The van der Waals surface area contributed by atoms with Gasteiger partial charge < -0.3 is 14.5 Å². The summed E-state index contributed by atoms with van der Waals surface area (Å²) < 4.78 is 11.1. The lowest BCUT2D eigenvalue weighted by atomic mass is 10.1. The van der Waals surface area contributed by atoms with Crippen LogP contribution in [-0.2, 0) is 0 Å². The molecule has 3 rings (SSSR count). The maximum absolute atomic E-state index is 12.3. The molecule has 0 aliphatic carbocycles. The molecule has 5 nitrogen and oxygen atoms in total. The van der Waals surface area contributed by atoms with Crippen LogP contribution < -0.4 is 15.0 Å². The molecule has 0 bridgehead atoms. The first kappa shape index (κ1) is 20.2. The van der Waals surface area contributed by atoms with E-state index in [-0.39, 0.29) is 11.4 Å². The summed E-state index contributed by atoms with van der Waals surface area (Å²) in [6.45, 7) is 2.71. The number of H-pyrrole nitrogens is 1. The first-order chi connectivity index (χ1) is 13.5. The van der Waals surface area contributed by atoms with E-state index in [0.29, 0.717) is 39.1 Å². The Morgan fingerprint density at radius 1 is 1.21 bits per heavy atom. The van der Waals surface area contributed by atoms with Gasteiger partial charge in [-0.3, -0.25) is 4.79 Å². The third-order valence-corrected chi connectivity index (χ3v) is 4.65. The van der Waals surface area contributed by atoms with Crippen LogP contribution >= 0.6 is 23.2 Å². The molecule has 1 heterocycles. The highest BCUT2D eigenvalue weighted by atomic mass is 35.5. The molecule has 0 amide bonds. The molecule has 146 valence electrons. The number of unbranched alkanes of at least 4 members (excludes halogenated alkanes) is 1. The van der Waals surface area contributed by atoms with Gasteiger partial charge in [-0.05, 0) is 48.4 Å². The van der Waals surface area contributed by atoms with Crippen molar-refractivity contribution in [3.8, 4) is 11.5 Å². The van der Waals surface area contributed by atoms with E-state index in [0.717, 1.165) is 18.4 Å². The van der Waals surface area contributed by atoms with Crippen molar-refractivity contribution in [3.05, 3.63) is 63.2 Å². The number of nitrogens with zero attached hydrogens (tertiary/aromatic N) is 1. The largest absolute Gasteiger partial charge is 0.493 e. The number of aromatic nitrogens is 2. The molecule has 0 atom stereocenters. The zero-order valence-corrected chi connectivity index (χ0v) is 17.1. The highest BCUT2D eigenvalue weighted by Gasteiger charge is 2.09. The molecule has 0 unspecified atom stereocenters. The van der Waals surface area contributed by atoms with E-state index in [1.807, 2.05) is 18.2 Å². The monoisotopic (exact) mass is 418 g/mol. The Morgan fingerprint density at radius 2 is 2.04 bits per heavy atom. The average Bonchev–Trinajstić information content (AvgIpc) is 2.69. The normalized spacial score (nSPS) is 11.6. The maximum Gasteiger partial charge on any atom is 0.259 e. The van der Waals surface area contributed by atoms with Crippen LogP contribution in [0.25, 0.3) is 22.0 Å². The molecule has 0 spiro atoms. The summed E-state index contributed by atoms with van der Waals surface area (Å²) in [5, 5.41) is 1.19. The SMILES string of the molecule is CCCCOc1cc(/C=C(\Cl)c2nc3ccc(Cl)cc3c(=O)[nH]2)ccc1OC. The third kappa shape index (κ3) is 4.66. The molecule has 7 heteroatoms. The lowest BCUT2D eigenvalue weighted by Crippen LogP contribution is -2.10. The van der Waals surface area contributed by atoms with Crippen LogP contribution in [0.3, 0.4) is 0 Å². The van der Waals surface area contributed by atoms with E-state index >= 15 is 0 Å². The minimum Gasteiger partial charge on any atom is -0.493 e. The van der Waals surface area contributed by atoms with Crippen molar-refractivity contribution in [1.82, 2.24) is 9.97 Å². The number of nitrogens with one attached hydrogen (secondary N) is 1. The molecular formula is C21H20Cl2N2O3. The average molecular weight is 419 g/mol. The number of aromatic amines is 1. The molecule has 0 saturated heterocycles. The summed E-state index contributed by atoms with van der Waals surface area (Å²) in [5.74, 6) is 1.58. The van der Waals surface area contributed by atoms with Gasteiger partial charge in [-0.15, -0.1) is 0 Å². The summed E-state index contributed by atoms with van der Waals surface area (Å²) in [6.07, 6.45) is 3.71. The van der Waals surface area contributed by atoms with Crippen molar-refractivity contribution in [3.63, 3.8) is 0 Å². The molecule has 0 radical (unpaired) electrons. The molecular weight excluding hydrogens is 399 g/mol. The van der Waals surface area contributed by atoms with Crippen molar-refractivity contribution < 1.29 is 9.47 Å². The van der Waals surface area contributed by atoms with Gasteiger partial charge in [-0.1, -0.05) is 42.6 Å². The van der Waals surface area contributed by atoms with Crippen molar-refractivity contribution in [2.24, 2.45) is 0 Å². The Balaban J connectivity index is 1.94. The second-order valence-electron chi connectivity index (χ2n) is 6.18. The van der Waals surface area contributed by atoms with Crippen molar-refractivity contribution >= 4 is 45.2 Å². The molecule has 0 fully saturated rings. The van der Waals surface area contributed by atoms with Crippen LogP contribution in [-0.4, -0.2) is 23.7 Å². The third-order valence-electron chi connectivity index (χ3n) is 4.13. The van der Waals surface area contributed by atoms with Crippen LogP contribution in [0.15, 0.2) is 41.2 Å². The topological polar surface area (TPSA) is 64.2 Å². The van der Waals surface area contributed by atoms with E-state index in [1.165, 1.54) is 0 Å². The number of halogens is 2. The summed E-state index contributed by atoms with van der Waals surface area (Å²) in [4.78, 5) is 19.4. The highest BCUT2D eigenvalue weighted by Crippen LogP contribution is 2.30. The van der Waals surface area contributed by atoms with Gasteiger partial charge in [-0.2, -0.15) is 0 Å². The van der Waals surface area contributed by atoms with E-state index < -0.39 is 0 Å². The Hall–Kier alpha value is -2.50. The number of rotatable bonds is 7. The Morgan fingerprint density at radius 3 is 2.79 bits per heavy atom. The van der Waals surface area contributed by atoms with E-state index in [4.69, 9.17) is 32.7 Å². The van der Waals surface area contributed by atoms with E-state index in [2.05, 4.69) is 16.9 Å². The second kappa shape index (κ2) is 9.13. The zero-order valence-electron chi connectivity index (χ0n) is 15.6. The molecule has 0 saturated carbocycles. The van der Waals surface area contributed by atoms with Gasteiger partial charge in [0.05, 0.1) is 29.7 Å². The van der Waals surface area contributed by atoms with Crippen molar-refractivity contribution in [2.45, 2.75) is 19.8 Å². The number of hydrogen-bond donors (Lipinski definition) is 1. The van der Waals surface area contributed by atoms with Gasteiger partial charge in [0.15, 0.2) is 17.3 Å².